The van der Waals surface area contributed by atoms with Crippen molar-refractivity contribution in [1.82, 2.24) is 4.90 Å². The zero-order valence-electron chi connectivity index (χ0n) is 14.1. The van der Waals surface area contributed by atoms with Crippen LogP contribution in [0.15, 0.2) is 42.5 Å². The molecule has 4 nitrogen and oxygen atoms in total. The Kier molecular flexibility index (Phi) is 5.38. The molecule has 0 spiro atoms. The number of phenols is 1. The van der Waals surface area contributed by atoms with Crippen LogP contribution in [0, 0.1) is 5.82 Å². The summed E-state index contributed by atoms with van der Waals surface area (Å²) in [5.41, 5.74) is 1.48. The predicted molar refractivity (Wildman–Crippen MR) is 101 cm³/mol. The highest BCUT2D eigenvalue weighted by molar-refractivity contribution is 7.80. The highest BCUT2D eigenvalue weighted by Gasteiger charge is 2.22. The minimum atomic E-state index is -0.196. The van der Waals surface area contributed by atoms with E-state index >= 15 is 0 Å². The summed E-state index contributed by atoms with van der Waals surface area (Å²) >= 11 is 5.60. The minimum absolute atomic E-state index is 0.109. The number of thiocarbonyl (C=S) groups is 1. The lowest BCUT2D eigenvalue weighted by atomic mass is 10.1. The third-order valence-corrected chi connectivity index (χ3v) is 4.76. The summed E-state index contributed by atoms with van der Waals surface area (Å²) in [6.45, 7) is 5.20. The van der Waals surface area contributed by atoms with E-state index in [1.54, 1.807) is 30.3 Å². The summed E-state index contributed by atoms with van der Waals surface area (Å²) in [4.78, 5) is 4.86. The second-order valence-corrected chi connectivity index (χ2v) is 6.23. The first-order valence-corrected chi connectivity index (χ1v) is 8.75. The number of phenolic OH excluding ortho intramolecular Hbond substituents is 1. The molecule has 2 aromatic carbocycles. The maximum Gasteiger partial charge on any atom is 0.161 e. The van der Waals surface area contributed by atoms with Crippen LogP contribution >= 0.6 is 12.2 Å². The lowest BCUT2D eigenvalue weighted by Gasteiger charge is -2.37. The number of para-hydroxylation sites is 1. The van der Waals surface area contributed by atoms with Gasteiger partial charge in [0.2, 0.25) is 0 Å². The average Bonchev–Trinajstić information content (AvgIpc) is 2.64. The van der Waals surface area contributed by atoms with Crippen molar-refractivity contribution in [3.63, 3.8) is 0 Å². The van der Waals surface area contributed by atoms with Crippen LogP contribution in [0.4, 0.5) is 10.1 Å². The van der Waals surface area contributed by atoms with Gasteiger partial charge in [0.15, 0.2) is 11.5 Å². The van der Waals surface area contributed by atoms with E-state index in [0.717, 1.165) is 18.7 Å². The zero-order chi connectivity index (χ0) is 17.8. The summed E-state index contributed by atoms with van der Waals surface area (Å²) in [7, 11) is 0. The Morgan fingerprint density at radius 1 is 1.16 bits per heavy atom. The van der Waals surface area contributed by atoms with Gasteiger partial charge in [0, 0.05) is 31.7 Å². The van der Waals surface area contributed by atoms with Crippen LogP contribution in [0.5, 0.6) is 11.5 Å². The van der Waals surface area contributed by atoms with E-state index in [2.05, 4.69) is 4.90 Å². The standard InChI is InChI=1S/C19H21FN2O2S/c1-2-24-18-13-14(7-8-17(18)23)19(25)22-11-9-21(10-12-22)16-6-4-3-5-15(16)20/h3-8,13,23H,2,9-12H2,1H3. The van der Waals surface area contributed by atoms with Gasteiger partial charge in [-0.3, -0.25) is 0 Å². The van der Waals surface area contributed by atoms with Crippen molar-refractivity contribution in [3.8, 4) is 11.5 Å². The minimum Gasteiger partial charge on any atom is -0.504 e. The topological polar surface area (TPSA) is 35.9 Å². The van der Waals surface area contributed by atoms with Crippen molar-refractivity contribution in [1.29, 1.82) is 0 Å². The predicted octanol–water partition coefficient (Wildman–Crippen LogP) is 3.43. The summed E-state index contributed by atoms with van der Waals surface area (Å²) in [6.07, 6.45) is 0. The molecule has 0 amide bonds. The fraction of sp³-hybridized carbons (Fsp3) is 0.316. The molecule has 2 aromatic rings. The van der Waals surface area contributed by atoms with Crippen LogP contribution in [-0.2, 0) is 0 Å². The van der Waals surface area contributed by atoms with Gasteiger partial charge in [-0.1, -0.05) is 24.4 Å². The fourth-order valence-corrected chi connectivity index (χ4v) is 3.27. The van der Waals surface area contributed by atoms with E-state index in [1.165, 1.54) is 6.07 Å². The van der Waals surface area contributed by atoms with E-state index in [1.807, 2.05) is 17.9 Å². The zero-order valence-corrected chi connectivity index (χ0v) is 14.9. The van der Waals surface area contributed by atoms with Gasteiger partial charge >= 0.3 is 0 Å². The maximum absolute atomic E-state index is 13.9. The fourth-order valence-electron chi connectivity index (χ4n) is 2.96. The van der Waals surface area contributed by atoms with E-state index in [9.17, 15) is 9.50 Å². The van der Waals surface area contributed by atoms with Crippen molar-refractivity contribution >= 4 is 22.9 Å². The van der Waals surface area contributed by atoms with Crippen LogP contribution in [0.25, 0.3) is 0 Å². The van der Waals surface area contributed by atoms with Crippen LogP contribution in [0.2, 0.25) is 0 Å². The highest BCUT2D eigenvalue weighted by atomic mass is 32.1. The Bertz CT molecular complexity index is 761. The second-order valence-electron chi connectivity index (χ2n) is 5.85. The number of hydrogen-bond acceptors (Lipinski definition) is 4. The van der Waals surface area contributed by atoms with Gasteiger partial charge in [0.05, 0.1) is 12.3 Å². The normalized spacial score (nSPS) is 14.5. The molecular weight excluding hydrogens is 339 g/mol. The monoisotopic (exact) mass is 360 g/mol. The van der Waals surface area contributed by atoms with E-state index in [4.69, 9.17) is 17.0 Å². The smallest absolute Gasteiger partial charge is 0.161 e. The molecule has 6 heteroatoms. The first-order chi connectivity index (χ1) is 12.1. The van der Waals surface area contributed by atoms with Gasteiger partial charge in [-0.05, 0) is 37.3 Å². The van der Waals surface area contributed by atoms with Gasteiger partial charge in [0.25, 0.3) is 0 Å². The van der Waals surface area contributed by atoms with Gasteiger partial charge in [-0.25, -0.2) is 4.39 Å². The number of aromatic hydroxyl groups is 1. The van der Waals surface area contributed by atoms with Gasteiger partial charge in [-0.2, -0.15) is 0 Å². The van der Waals surface area contributed by atoms with Crippen LogP contribution in [0.3, 0.4) is 0 Å². The summed E-state index contributed by atoms with van der Waals surface area (Å²) in [5, 5.41) is 9.82. The molecule has 1 N–H and O–H groups in total. The summed E-state index contributed by atoms with van der Waals surface area (Å²) in [5.74, 6) is 0.350. The van der Waals surface area contributed by atoms with Crippen molar-refractivity contribution in [2.45, 2.75) is 6.92 Å². The number of ether oxygens (including phenoxy) is 1. The van der Waals surface area contributed by atoms with Crippen LogP contribution in [-0.4, -0.2) is 47.8 Å². The summed E-state index contributed by atoms with van der Waals surface area (Å²) < 4.78 is 19.4. The Hall–Kier alpha value is -2.34. The maximum atomic E-state index is 13.9. The first-order valence-electron chi connectivity index (χ1n) is 8.34. The van der Waals surface area contributed by atoms with Crippen LogP contribution in [0.1, 0.15) is 12.5 Å². The third kappa shape index (κ3) is 3.85. The summed E-state index contributed by atoms with van der Waals surface area (Å²) in [6, 6.07) is 12.0. The number of benzene rings is 2. The largest absolute Gasteiger partial charge is 0.504 e. The van der Waals surface area contributed by atoms with Crippen molar-refractivity contribution < 1.29 is 14.2 Å². The van der Waals surface area contributed by atoms with Crippen LogP contribution < -0.4 is 9.64 Å². The van der Waals surface area contributed by atoms with Gasteiger partial charge in [-0.15, -0.1) is 0 Å². The van der Waals surface area contributed by atoms with E-state index in [0.29, 0.717) is 36.1 Å². The number of anilines is 1. The number of piperazine rings is 1. The molecular formula is C19H21FN2O2S. The molecule has 0 aliphatic carbocycles. The average molecular weight is 360 g/mol. The SMILES string of the molecule is CCOc1cc(C(=S)N2CCN(c3ccccc3F)CC2)ccc1O. The number of rotatable bonds is 4. The molecule has 0 bridgehead atoms. The molecule has 3 rings (SSSR count). The molecule has 132 valence electrons. The van der Waals surface area contributed by atoms with Crippen molar-refractivity contribution in [3.05, 3.63) is 53.8 Å². The van der Waals surface area contributed by atoms with Crippen molar-refractivity contribution in [2.75, 3.05) is 37.7 Å². The third-order valence-electron chi connectivity index (χ3n) is 4.27. The molecule has 0 unspecified atom stereocenters. The Morgan fingerprint density at radius 2 is 1.88 bits per heavy atom. The molecule has 0 radical (unpaired) electrons. The quantitative estimate of drug-likeness (QED) is 0.846. The number of halogens is 1. The molecule has 0 atom stereocenters. The van der Waals surface area contributed by atoms with E-state index in [-0.39, 0.29) is 11.6 Å². The molecule has 0 aromatic heterocycles. The molecule has 1 fully saturated rings. The van der Waals surface area contributed by atoms with Gasteiger partial charge < -0.3 is 19.6 Å². The lowest BCUT2D eigenvalue weighted by Crippen LogP contribution is -2.48. The van der Waals surface area contributed by atoms with Gasteiger partial charge in [0.1, 0.15) is 10.8 Å². The molecule has 1 saturated heterocycles. The Labute approximate surface area is 152 Å². The molecule has 1 heterocycles. The molecule has 25 heavy (non-hydrogen) atoms. The molecule has 1 aliphatic heterocycles. The lowest BCUT2D eigenvalue weighted by molar-refractivity contribution is 0.318. The van der Waals surface area contributed by atoms with Crippen molar-refractivity contribution in [2.24, 2.45) is 0 Å². The first kappa shape index (κ1) is 17.5. The number of nitrogens with zero attached hydrogens (tertiary/aromatic N) is 2. The number of hydrogen-bond donors (Lipinski definition) is 1. The molecule has 0 saturated carbocycles. The Balaban J connectivity index is 1.68. The van der Waals surface area contributed by atoms with E-state index < -0.39 is 0 Å². The Morgan fingerprint density at radius 3 is 2.56 bits per heavy atom. The highest BCUT2D eigenvalue weighted by Crippen LogP contribution is 2.28. The second kappa shape index (κ2) is 7.70. The molecule has 1 aliphatic rings.